The number of benzene rings is 1. The van der Waals surface area contributed by atoms with Crippen LogP contribution in [0.1, 0.15) is 10.4 Å². The van der Waals surface area contributed by atoms with E-state index in [1.54, 1.807) is 0 Å². The largest absolute Gasteiger partial charge is 0.573 e. The molecule has 0 saturated heterocycles. The van der Waals surface area contributed by atoms with E-state index < -0.39 is 22.7 Å². The zero-order chi connectivity index (χ0) is 13.9. The van der Waals surface area contributed by atoms with Gasteiger partial charge in [-0.05, 0) is 18.2 Å². The minimum Gasteiger partial charge on any atom is -0.406 e. The van der Waals surface area contributed by atoms with Crippen LogP contribution in [0, 0.1) is 0 Å². The second-order valence-electron chi connectivity index (χ2n) is 3.18. The molecule has 1 atom stereocenters. The first-order chi connectivity index (χ1) is 8.24. The number of hydrogen-bond acceptors (Lipinski definition) is 2. The van der Waals surface area contributed by atoms with Crippen LogP contribution in [0.25, 0.3) is 0 Å². The molecule has 2 nitrogen and oxygen atoms in total. The van der Waals surface area contributed by atoms with Crippen molar-refractivity contribution in [2.45, 2.75) is 11.2 Å². The summed E-state index contributed by atoms with van der Waals surface area (Å²) < 4.78 is 39.9. The van der Waals surface area contributed by atoms with E-state index in [1.165, 1.54) is 6.07 Å². The molecule has 0 bridgehead atoms. The Morgan fingerprint density at radius 3 is 2.56 bits per heavy atom. The van der Waals surface area contributed by atoms with Gasteiger partial charge in [-0.15, -0.1) is 13.2 Å². The second kappa shape index (κ2) is 6.25. The molecule has 0 N–H and O–H groups in total. The maximum Gasteiger partial charge on any atom is 0.573 e. The number of Topliss-reactive ketones (excluding diaryl/α,β-unsaturated/α-hetero) is 1. The second-order valence-corrected chi connectivity index (χ2v) is 5.34. The molecule has 1 aromatic rings. The number of carbonyl (C=O) groups excluding carboxylic acids is 1. The maximum atomic E-state index is 12.0. The van der Waals surface area contributed by atoms with Crippen molar-refractivity contribution in [3.63, 3.8) is 0 Å². The molecular weight excluding hydrogens is 404 g/mol. The Morgan fingerprint density at radius 1 is 1.44 bits per heavy atom. The summed E-state index contributed by atoms with van der Waals surface area (Å²) in [5.74, 6) is -0.908. The third kappa shape index (κ3) is 4.44. The summed E-state index contributed by atoms with van der Waals surface area (Å²) in [6.07, 6.45) is -4.81. The first-order valence-corrected chi connectivity index (χ1v) is 6.95. The van der Waals surface area contributed by atoms with Crippen molar-refractivity contribution in [3.8, 4) is 5.75 Å². The van der Waals surface area contributed by atoms with E-state index in [1.807, 2.05) is 0 Å². The molecule has 0 aliphatic rings. The van der Waals surface area contributed by atoms with Crippen LogP contribution in [-0.4, -0.2) is 22.3 Å². The van der Waals surface area contributed by atoms with Gasteiger partial charge in [-0.1, -0.05) is 43.5 Å². The number of rotatable bonds is 4. The Balaban J connectivity index is 3.05. The summed E-state index contributed by atoms with van der Waals surface area (Å²) in [6, 6.07) is 3.20. The quantitative estimate of drug-likeness (QED) is 0.537. The van der Waals surface area contributed by atoms with Crippen molar-refractivity contribution in [2.75, 3.05) is 5.33 Å². The SMILES string of the molecule is O=C(c1cc(OC(F)(F)F)ccc1Cl)C(Br)CBr. The molecule has 0 heterocycles. The Morgan fingerprint density at radius 2 is 2.06 bits per heavy atom. The fraction of sp³-hybridized carbons (Fsp3) is 0.300. The Labute approximate surface area is 123 Å². The van der Waals surface area contributed by atoms with E-state index >= 15 is 0 Å². The van der Waals surface area contributed by atoms with Gasteiger partial charge in [0.05, 0.1) is 9.85 Å². The molecule has 0 aliphatic heterocycles. The highest BCUT2D eigenvalue weighted by molar-refractivity contribution is 9.12. The van der Waals surface area contributed by atoms with Crippen molar-refractivity contribution in [1.29, 1.82) is 0 Å². The number of hydrogen-bond donors (Lipinski definition) is 0. The third-order valence-corrected chi connectivity index (χ3v) is 4.44. The van der Waals surface area contributed by atoms with Crippen molar-refractivity contribution in [2.24, 2.45) is 0 Å². The zero-order valence-corrected chi connectivity index (χ0v) is 12.5. The van der Waals surface area contributed by atoms with Gasteiger partial charge in [0.25, 0.3) is 0 Å². The van der Waals surface area contributed by atoms with Crippen molar-refractivity contribution >= 4 is 49.2 Å². The van der Waals surface area contributed by atoms with Crippen LogP contribution in [-0.2, 0) is 0 Å². The number of ether oxygens (including phenoxy) is 1. The van der Waals surface area contributed by atoms with Gasteiger partial charge in [-0.2, -0.15) is 0 Å². The van der Waals surface area contributed by atoms with E-state index in [0.29, 0.717) is 5.33 Å². The minimum absolute atomic E-state index is 0.0280. The van der Waals surface area contributed by atoms with E-state index in [9.17, 15) is 18.0 Å². The summed E-state index contributed by atoms with van der Waals surface area (Å²) in [5.41, 5.74) is -0.0280. The Hall–Kier alpha value is -0.270. The molecule has 1 rings (SSSR count). The van der Waals surface area contributed by atoms with Crippen LogP contribution in [0.4, 0.5) is 13.2 Å². The molecule has 100 valence electrons. The van der Waals surface area contributed by atoms with E-state index in [-0.39, 0.29) is 10.6 Å². The molecule has 0 saturated carbocycles. The summed E-state index contributed by atoms with van der Waals surface area (Å²) in [6.45, 7) is 0. The lowest BCUT2D eigenvalue weighted by Crippen LogP contribution is -2.19. The molecule has 18 heavy (non-hydrogen) atoms. The molecule has 0 aliphatic carbocycles. The van der Waals surface area contributed by atoms with Crippen LogP contribution in [0.3, 0.4) is 0 Å². The monoisotopic (exact) mass is 408 g/mol. The molecule has 1 aromatic carbocycles. The number of halogens is 6. The van der Waals surface area contributed by atoms with Gasteiger partial charge in [0.1, 0.15) is 5.75 Å². The van der Waals surface area contributed by atoms with Crippen LogP contribution in [0.15, 0.2) is 18.2 Å². The lowest BCUT2D eigenvalue weighted by molar-refractivity contribution is -0.274. The third-order valence-electron chi connectivity index (χ3n) is 1.86. The van der Waals surface area contributed by atoms with E-state index in [4.69, 9.17) is 11.6 Å². The Kier molecular flexibility index (Phi) is 5.48. The number of carbonyl (C=O) groups is 1. The predicted molar refractivity (Wildman–Crippen MR) is 69.0 cm³/mol. The van der Waals surface area contributed by atoms with Gasteiger partial charge in [-0.25, -0.2) is 0 Å². The molecule has 0 amide bonds. The predicted octanol–water partition coefficient (Wildman–Crippen LogP) is 4.58. The highest BCUT2D eigenvalue weighted by Gasteiger charge is 2.31. The molecule has 0 radical (unpaired) electrons. The maximum absolute atomic E-state index is 12.0. The average molecular weight is 410 g/mol. The zero-order valence-electron chi connectivity index (χ0n) is 8.60. The summed E-state index contributed by atoms with van der Waals surface area (Å²) in [4.78, 5) is 11.2. The first-order valence-electron chi connectivity index (χ1n) is 4.54. The topological polar surface area (TPSA) is 26.3 Å². The van der Waals surface area contributed by atoms with Gasteiger partial charge < -0.3 is 4.74 Å². The standard InChI is InChI=1S/C10H6Br2ClF3O2/c11-4-7(12)9(17)6-3-5(1-2-8(6)13)18-10(14,15)16/h1-3,7H,4H2. The molecule has 0 aromatic heterocycles. The highest BCUT2D eigenvalue weighted by Crippen LogP contribution is 2.28. The van der Waals surface area contributed by atoms with Crippen LogP contribution < -0.4 is 4.74 Å². The molecule has 1 unspecified atom stereocenters. The van der Waals surface area contributed by atoms with Crippen LogP contribution >= 0.6 is 43.5 Å². The molecule has 8 heteroatoms. The fourth-order valence-electron chi connectivity index (χ4n) is 1.13. The highest BCUT2D eigenvalue weighted by atomic mass is 79.9. The average Bonchev–Trinajstić information content (AvgIpc) is 2.28. The summed E-state index contributed by atoms with van der Waals surface area (Å²) in [7, 11) is 0. The fourth-order valence-corrected chi connectivity index (χ4v) is 1.88. The number of ketones is 1. The van der Waals surface area contributed by atoms with Crippen molar-refractivity contribution < 1.29 is 22.7 Å². The van der Waals surface area contributed by atoms with Gasteiger partial charge in [-0.3, -0.25) is 4.79 Å². The smallest absolute Gasteiger partial charge is 0.406 e. The lowest BCUT2D eigenvalue weighted by Gasteiger charge is -2.12. The molecular formula is C10H6Br2ClF3O2. The van der Waals surface area contributed by atoms with E-state index in [2.05, 4.69) is 36.6 Å². The van der Waals surface area contributed by atoms with Crippen LogP contribution in [0.5, 0.6) is 5.75 Å². The van der Waals surface area contributed by atoms with Crippen LogP contribution in [0.2, 0.25) is 5.02 Å². The van der Waals surface area contributed by atoms with Gasteiger partial charge in [0, 0.05) is 10.9 Å². The lowest BCUT2D eigenvalue weighted by atomic mass is 10.1. The summed E-state index contributed by atoms with van der Waals surface area (Å²) in [5, 5.41) is 0.381. The first kappa shape index (κ1) is 15.8. The summed E-state index contributed by atoms with van der Waals surface area (Å²) >= 11 is 11.9. The molecule has 0 fully saturated rings. The van der Waals surface area contributed by atoms with Gasteiger partial charge in [0.15, 0.2) is 5.78 Å². The van der Waals surface area contributed by atoms with Crippen molar-refractivity contribution in [3.05, 3.63) is 28.8 Å². The van der Waals surface area contributed by atoms with E-state index in [0.717, 1.165) is 12.1 Å². The molecule has 0 spiro atoms. The van der Waals surface area contributed by atoms with Gasteiger partial charge >= 0.3 is 6.36 Å². The van der Waals surface area contributed by atoms with Crippen molar-refractivity contribution in [1.82, 2.24) is 0 Å². The minimum atomic E-state index is -4.81. The van der Waals surface area contributed by atoms with Gasteiger partial charge in [0.2, 0.25) is 0 Å². The number of alkyl halides is 5. The normalized spacial score (nSPS) is 13.2. The Bertz CT molecular complexity index is 451.